The predicted octanol–water partition coefficient (Wildman–Crippen LogP) is 3.12. The molecule has 0 spiro atoms. The second kappa shape index (κ2) is 9.88. The standard InChI is InChI=1S/C23H31N3O6S2/c1-23(2,31-3)19-14-24-22(33-19)25-21(28)18(12-15-7-10-32-11-8-15)26-9-6-17(13-20(26)27)34(29,30)16-4-5-16/h6,9,13-16,18H,4-5,7-8,10-12H2,1-3H3,(H,24,25,28). The summed E-state index contributed by atoms with van der Waals surface area (Å²) < 4.78 is 37.4. The third-order valence-electron chi connectivity index (χ3n) is 6.59. The van der Waals surface area contributed by atoms with Crippen LogP contribution in [0.3, 0.4) is 0 Å². The molecule has 1 N–H and O–H groups in total. The van der Waals surface area contributed by atoms with E-state index in [2.05, 4.69) is 10.3 Å². The number of sulfone groups is 1. The van der Waals surface area contributed by atoms with Crippen LogP contribution in [0.1, 0.15) is 56.9 Å². The van der Waals surface area contributed by atoms with Gasteiger partial charge in [0.05, 0.1) is 20.6 Å². The van der Waals surface area contributed by atoms with Gasteiger partial charge in [0.2, 0.25) is 5.91 Å². The molecular weight excluding hydrogens is 478 g/mol. The van der Waals surface area contributed by atoms with E-state index in [0.29, 0.717) is 37.6 Å². The van der Waals surface area contributed by atoms with Gasteiger partial charge in [-0.2, -0.15) is 0 Å². The number of ether oxygens (including phenoxy) is 2. The number of carbonyl (C=O) groups excluding carboxylic acids is 1. The quantitative estimate of drug-likeness (QED) is 0.552. The summed E-state index contributed by atoms with van der Waals surface area (Å²) in [4.78, 5) is 31.6. The predicted molar refractivity (Wildman–Crippen MR) is 129 cm³/mol. The zero-order valence-corrected chi connectivity index (χ0v) is 21.3. The first-order chi connectivity index (χ1) is 16.1. The summed E-state index contributed by atoms with van der Waals surface area (Å²) in [6, 6.07) is 1.78. The molecular formula is C23H31N3O6S2. The molecule has 1 aliphatic carbocycles. The Kier molecular flexibility index (Phi) is 7.28. The summed E-state index contributed by atoms with van der Waals surface area (Å²) in [7, 11) is -1.88. The van der Waals surface area contributed by atoms with Gasteiger partial charge in [-0.1, -0.05) is 11.3 Å². The molecule has 34 heavy (non-hydrogen) atoms. The Morgan fingerprint density at radius 2 is 2.03 bits per heavy atom. The van der Waals surface area contributed by atoms with Crippen molar-refractivity contribution in [3.05, 3.63) is 39.8 Å². The molecule has 4 rings (SSSR count). The van der Waals surface area contributed by atoms with Crippen molar-refractivity contribution in [2.45, 2.75) is 67.7 Å². The number of rotatable bonds is 9. The molecule has 2 fully saturated rings. The van der Waals surface area contributed by atoms with Gasteiger partial charge in [-0.05, 0) is 57.9 Å². The normalized spacial score (nSPS) is 18.6. The molecule has 9 nitrogen and oxygen atoms in total. The van der Waals surface area contributed by atoms with E-state index < -0.39 is 32.3 Å². The highest BCUT2D eigenvalue weighted by atomic mass is 32.2. The molecule has 1 amide bonds. The molecule has 186 valence electrons. The number of methoxy groups -OCH3 is 1. The summed E-state index contributed by atoms with van der Waals surface area (Å²) in [5.41, 5.74) is -1.05. The van der Waals surface area contributed by atoms with E-state index in [1.807, 2.05) is 13.8 Å². The van der Waals surface area contributed by atoms with Crippen molar-refractivity contribution in [2.75, 3.05) is 25.6 Å². The van der Waals surface area contributed by atoms with Crippen molar-refractivity contribution in [1.82, 2.24) is 9.55 Å². The Morgan fingerprint density at radius 1 is 1.32 bits per heavy atom. The van der Waals surface area contributed by atoms with Crippen molar-refractivity contribution in [1.29, 1.82) is 0 Å². The average Bonchev–Trinajstić information content (AvgIpc) is 3.58. The van der Waals surface area contributed by atoms with Crippen molar-refractivity contribution in [3.8, 4) is 0 Å². The van der Waals surface area contributed by atoms with Gasteiger partial charge in [-0.3, -0.25) is 9.59 Å². The van der Waals surface area contributed by atoms with Crippen LogP contribution in [0, 0.1) is 5.92 Å². The zero-order valence-electron chi connectivity index (χ0n) is 19.7. The molecule has 1 saturated heterocycles. The van der Waals surface area contributed by atoms with Crippen molar-refractivity contribution in [2.24, 2.45) is 5.92 Å². The maximum atomic E-state index is 13.4. The molecule has 1 atom stereocenters. The average molecular weight is 510 g/mol. The van der Waals surface area contributed by atoms with Crippen LogP contribution >= 0.6 is 11.3 Å². The monoisotopic (exact) mass is 509 g/mol. The van der Waals surface area contributed by atoms with Crippen molar-refractivity contribution in [3.63, 3.8) is 0 Å². The maximum absolute atomic E-state index is 13.4. The van der Waals surface area contributed by atoms with E-state index in [-0.39, 0.29) is 16.7 Å². The maximum Gasteiger partial charge on any atom is 0.252 e. The third kappa shape index (κ3) is 5.42. The number of aromatic nitrogens is 2. The SMILES string of the molecule is COC(C)(C)c1cnc(NC(=O)C(CC2CCOCC2)n2ccc(S(=O)(=O)C3CC3)cc2=O)s1. The van der Waals surface area contributed by atoms with Crippen molar-refractivity contribution >= 4 is 32.2 Å². The molecule has 0 radical (unpaired) electrons. The van der Waals surface area contributed by atoms with Gasteiger partial charge in [0.15, 0.2) is 15.0 Å². The molecule has 1 saturated carbocycles. The largest absolute Gasteiger partial charge is 0.381 e. The van der Waals surface area contributed by atoms with Crippen LogP contribution in [-0.2, 0) is 29.7 Å². The lowest BCUT2D eigenvalue weighted by molar-refractivity contribution is -0.120. The highest BCUT2D eigenvalue weighted by Gasteiger charge is 2.37. The topological polar surface area (TPSA) is 117 Å². The third-order valence-corrected chi connectivity index (χ3v) is 10.1. The molecule has 2 aromatic rings. The number of amides is 1. The van der Waals surface area contributed by atoms with Gasteiger partial charge >= 0.3 is 0 Å². The lowest BCUT2D eigenvalue weighted by Crippen LogP contribution is -2.35. The van der Waals surface area contributed by atoms with Gasteiger partial charge < -0.3 is 19.4 Å². The second-order valence-electron chi connectivity index (χ2n) is 9.39. The summed E-state index contributed by atoms with van der Waals surface area (Å²) in [6.45, 7) is 5.07. The van der Waals surface area contributed by atoms with Crippen LogP contribution in [-0.4, -0.2) is 49.4 Å². The number of thiazole rings is 1. The Balaban J connectivity index is 1.60. The summed E-state index contributed by atoms with van der Waals surface area (Å²) in [5, 5.41) is 2.87. The Morgan fingerprint density at radius 3 is 2.65 bits per heavy atom. The number of hydrogen-bond donors (Lipinski definition) is 1. The smallest absolute Gasteiger partial charge is 0.252 e. The van der Waals surface area contributed by atoms with Crippen molar-refractivity contribution < 1.29 is 22.7 Å². The minimum atomic E-state index is -3.49. The first-order valence-corrected chi connectivity index (χ1v) is 13.8. The lowest BCUT2D eigenvalue weighted by Gasteiger charge is -2.27. The van der Waals surface area contributed by atoms with E-state index >= 15 is 0 Å². The highest BCUT2D eigenvalue weighted by molar-refractivity contribution is 7.92. The lowest BCUT2D eigenvalue weighted by atomic mass is 9.92. The van der Waals surface area contributed by atoms with E-state index in [1.54, 1.807) is 13.3 Å². The molecule has 1 aliphatic heterocycles. The Labute approximate surface area is 203 Å². The van der Waals surface area contributed by atoms with Gasteiger partial charge in [-0.15, -0.1) is 0 Å². The van der Waals surface area contributed by atoms with E-state index in [1.165, 1.54) is 28.2 Å². The number of nitrogens with zero attached hydrogens (tertiary/aromatic N) is 2. The summed E-state index contributed by atoms with van der Waals surface area (Å²) in [5.74, 6) is -0.145. The van der Waals surface area contributed by atoms with Gasteiger partial charge in [-0.25, -0.2) is 13.4 Å². The fraction of sp³-hybridized carbons (Fsp3) is 0.609. The van der Waals surface area contributed by atoms with E-state index in [9.17, 15) is 18.0 Å². The fourth-order valence-electron chi connectivity index (χ4n) is 4.02. The number of nitrogens with one attached hydrogen (secondary N) is 1. The Hall–Kier alpha value is -2.08. The number of pyridine rings is 1. The first kappa shape index (κ1) is 25.0. The van der Waals surface area contributed by atoms with Gasteiger partial charge in [0, 0.05) is 38.8 Å². The molecule has 0 bridgehead atoms. The van der Waals surface area contributed by atoms with Crippen LogP contribution in [0.4, 0.5) is 5.13 Å². The molecule has 3 heterocycles. The summed E-state index contributed by atoms with van der Waals surface area (Å²) >= 11 is 1.32. The number of hydrogen-bond acceptors (Lipinski definition) is 8. The van der Waals surface area contributed by atoms with Crippen LogP contribution in [0.25, 0.3) is 0 Å². The summed E-state index contributed by atoms with van der Waals surface area (Å²) in [6.07, 6.45) is 6.40. The van der Waals surface area contributed by atoms with Gasteiger partial charge in [0.1, 0.15) is 6.04 Å². The molecule has 1 unspecified atom stereocenters. The molecule has 0 aromatic carbocycles. The minimum absolute atomic E-state index is 0.0211. The van der Waals surface area contributed by atoms with E-state index in [0.717, 1.165) is 23.8 Å². The Bertz CT molecular complexity index is 1190. The molecule has 2 aromatic heterocycles. The van der Waals surface area contributed by atoms with Crippen LogP contribution in [0.5, 0.6) is 0 Å². The first-order valence-electron chi connectivity index (χ1n) is 11.5. The minimum Gasteiger partial charge on any atom is -0.381 e. The van der Waals surface area contributed by atoms with E-state index in [4.69, 9.17) is 9.47 Å². The second-order valence-corrected chi connectivity index (χ2v) is 12.7. The molecule has 2 aliphatic rings. The van der Waals surface area contributed by atoms with Crippen LogP contribution in [0.15, 0.2) is 34.2 Å². The number of anilines is 1. The van der Waals surface area contributed by atoms with Gasteiger partial charge in [0.25, 0.3) is 5.56 Å². The molecule has 11 heteroatoms. The number of carbonyl (C=O) groups is 1. The highest BCUT2D eigenvalue weighted by Crippen LogP contribution is 2.34. The zero-order chi connectivity index (χ0) is 24.5. The van der Waals surface area contributed by atoms with Crippen LogP contribution < -0.4 is 10.9 Å². The fourth-order valence-corrected chi connectivity index (χ4v) is 6.58. The van der Waals surface area contributed by atoms with Crippen LogP contribution in [0.2, 0.25) is 0 Å².